The largest absolute Gasteiger partial charge is 0.307 e. The second-order valence-electron chi connectivity index (χ2n) is 4.53. The summed E-state index contributed by atoms with van der Waals surface area (Å²) in [7, 11) is 0. The molecule has 3 amide bonds. The van der Waals surface area contributed by atoms with Gasteiger partial charge in [-0.1, -0.05) is 6.92 Å². The second kappa shape index (κ2) is 8.41. The SMILES string of the molecule is CCC(=O)N1CN(C(=O)CCS)CN(C(=O)CCS)C1. The number of carbonyl (C=O) groups excluding carboxylic acids is 3. The Balaban J connectivity index is 2.79. The van der Waals surface area contributed by atoms with E-state index in [0.29, 0.717) is 30.8 Å². The highest BCUT2D eigenvalue weighted by molar-refractivity contribution is 7.80. The lowest BCUT2D eigenvalue weighted by molar-refractivity contribution is -0.158. The van der Waals surface area contributed by atoms with Crippen LogP contribution in [0.2, 0.25) is 0 Å². The fourth-order valence-electron chi connectivity index (χ4n) is 1.96. The molecule has 0 saturated carbocycles. The quantitative estimate of drug-likeness (QED) is 0.722. The molecule has 0 aromatic heterocycles. The summed E-state index contributed by atoms with van der Waals surface area (Å²) in [5.74, 6) is 0.620. The molecule has 0 N–H and O–H groups in total. The molecule has 6 nitrogen and oxygen atoms in total. The summed E-state index contributed by atoms with van der Waals surface area (Å²) in [5.41, 5.74) is 0. The molecular formula is C12H21N3O3S2. The lowest BCUT2D eigenvalue weighted by Crippen LogP contribution is -2.59. The van der Waals surface area contributed by atoms with Gasteiger partial charge in [0.2, 0.25) is 17.7 Å². The molecule has 20 heavy (non-hydrogen) atoms. The van der Waals surface area contributed by atoms with Gasteiger partial charge in [0.1, 0.15) is 0 Å². The Morgan fingerprint density at radius 2 is 1.15 bits per heavy atom. The zero-order valence-electron chi connectivity index (χ0n) is 11.6. The normalized spacial score (nSPS) is 15.4. The molecule has 1 fully saturated rings. The van der Waals surface area contributed by atoms with Crippen molar-refractivity contribution in [3.63, 3.8) is 0 Å². The second-order valence-corrected chi connectivity index (χ2v) is 5.42. The number of thiol groups is 2. The topological polar surface area (TPSA) is 60.9 Å². The molecule has 1 aliphatic heterocycles. The number of hydrogen-bond acceptors (Lipinski definition) is 5. The minimum absolute atomic E-state index is 0.0722. The van der Waals surface area contributed by atoms with E-state index in [1.54, 1.807) is 6.92 Å². The van der Waals surface area contributed by atoms with Crippen LogP contribution < -0.4 is 0 Å². The van der Waals surface area contributed by atoms with Crippen molar-refractivity contribution in [2.45, 2.75) is 26.2 Å². The van der Waals surface area contributed by atoms with Crippen molar-refractivity contribution in [1.29, 1.82) is 0 Å². The van der Waals surface area contributed by atoms with E-state index in [4.69, 9.17) is 0 Å². The van der Waals surface area contributed by atoms with Gasteiger partial charge in [-0.3, -0.25) is 14.4 Å². The molecule has 0 unspecified atom stereocenters. The van der Waals surface area contributed by atoms with Crippen LogP contribution in [0.3, 0.4) is 0 Å². The van der Waals surface area contributed by atoms with E-state index in [-0.39, 0.29) is 37.7 Å². The van der Waals surface area contributed by atoms with Gasteiger partial charge in [0, 0.05) is 19.3 Å². The summed E-state index contributed by atoms with van der Waals surface area (Å²) in [4.78, 5) is 40.3. The Bertz CT molecular complexity index is 353. The van der Waals surface area contributed by atoms with Gasteiger partial charge in [-0.25, -0.2) is 0 Å². The van der Waals surface area contributed by atoms with E-state index in [1.165, 1.54) is 14.7 Å². The molecule has 1 rings (SSSR count). The highest BCUT2D eigenvalue weighted by atomic mass is 32.1. The van der Waals surface area contributed by atoms with Crippen LogP contribution >= 0.6 is 25.3 Å². The number of rotatable bonds is 5. The Labute approximate surface area is 130 Å². The molecule has 1 heterocycles. The van der Waals surface area contributed by atoms with Crippen molar-refractivity contribution in [1.82, 2.24) is 14.7 Å². The van der Waals surface area contributed by atoms with Crippen molar-refractivity contribution >= 4 is 43.0 Å². The van der Waals surface area contributed by atoms with E-state index < -0.39 is 0 Å². The highest BCUT2D eigenvalue weighted by Crippen LogP contribution is 2.12. The third-order valence-corrected chi connectivity index (χ3v) is 3.48. The van der Waals surface area contributed by atoms with Crippen LogP contribution in [0.15, 0.2) is 0 Å². The summed E-state index contributed by atoms with van der Waals surface area (Å²) in [6.07, 6.45) is 0.945. The fraction of sp³-hybridized carbons (Fsp3) is 0.750. The monoisotopic (exact) mass is 319 g/mol. The Morgan fingerprint density at radius 1 is 0.800 bits per heavy atom. The average Bonchev–Trinajstić information content (AvgIpc) is 2.46. The van der Waals surface area contributed by atoms with E-state index in [1.807, 2.05) is 0 Å². The van der Waals surface area contributed by atoms with Crippen molar-refractivity contribution in [3.05, 3.63) is 0 Å². The third-order valence-electron chi connectivity index (χ3n) is 3.04. The van der Waals surface area contributed by atoms with Crippen molar-refractivity contribution < 1.29 is 14.4 Å². The first-order chi connectivity index (χ1) is 9.53. The van der Waals surface area contributed by atoms with Gasteiger partial charge in [0.15, 0.2) is 0 Å². The van der Waals surface area contributed by atoms with Crippen molar-refractivity contribution in [2.75, 3.05) is 31.5 Å². The van der Waals surface area contributed by atoms with Gasteiger partial charge >= 0.3 is 0 Å². The maximum Gasteiger partial charge on any atom is 0.226 e. The standard InChI is InChI=1S/C12H21N3O3S2/c1-2-10(16)13-7-14(11(17)3-5-19)9-15(8-13)12(18)4-6-20/h19-20H,2-9H2,1H3. The molecule has 0 spiro atoms. The predicted molar refractivity (Wildman–Crippen MR) is 82.4 cm³/mol. The Kier molecular flexibility index (Phi) is 7.22. The summed E-state index contributed by atoms with van der Waals surface area (Å²) >= 11 is 8.08. The van der Waals surface area contributed by atoms with Crippen LogP contribution in [-0.2, 0) is 14.4 Å². The van der Waals surface area contributed by atoms with Crippen LogP contribution in [0.5, 0.6) is 0 Å². The average molecular weight is 319 g/mol. The molecule has 0 radical (unpaired) electrons. The number of hydrogen-bond donors (Lipinski definition) is 2. The first-order valence-corrected chi connectivity index (χ1v) is 7.85. The van der Waals surface area contributed by atoms with Gasteiger partial charge in [-0.2, -0.15) is 25.3 Å². The number of carbonyl (C=O) groups is 3. The van der Waals surface area contributed by atoms with Crippen LogP contribution in [0.25, 0.3) is 0 Å². The smallest absolute Gasteiger partial charge is 0.226 e. The molecule has 0 aromatic carbocycles. The lowest BCUT2D eigenvalue weighted by atomic mass is 10.3. The molecule has 8 heteroatoms. The molecule has 114 valence electrons. The van der Waals surface area contributed by atoms with Gasteiger partial charge in [-0.05, 0) is 11.5 Å². The summed E-state index contributed by atoms with van der Waals surface area (Å²) < 4.78 is 0. The minimum Gasteiger partial charge on any atom is -0.307 e. The molecule has 1 saturated heterocycles. The van der Waals surface area contributed by atoms with Gasteiger partial charge < -0.3 is 14.7 Å². The van der Waals surface area contributed by atoms with Crippen molar-refractivity contribution in [2.24, 2.45) is 0 Å². The van der Waals surface area contributed by atoms with Crippen LogP contribution in [0, 0.1) is 0 Å². The zero-order chi connectivity index (χ0) is 15.1. The van der Waals surface area contributed by atoms with Crippen LogP contribution in [0.4, 0.5) is 0 Å². The summed E-state index contributed by atoms with van der Waals surface area (Å²) in [6, 6.07) is 0. The maximum atomic E-state index is 12.0. The summed E-state index contributed by atoms with van der Waals surface area (Å²) in [5, 5.41) is 0. The molecule has 0 aromatic rings. The van der Waals surface area contributed by atoms with Gasteiger partial charge in [0.05, 0.1) is 20.0 Å². The highest BCUT2D eigenvalue weighted by Gasteiger charge is 2.30. The maximum absolute atomic E-state index is 12.0. The Morgan fingerprint density at radius 3 is 1.45 bits per heavy atom. The van der Waals surface area contributed by atoms with Crippen molar-refractivity contribution in [3.8, 4) is 0 Å². The number of amides is 3. The molecule has 1 aliphatic rings. The molecule has 0 atom stereocenters. The van der Waals surface area contributed by atoms with E-state index in [0.717, 1.165) is 0 Å². The fourth-order valence-corrected chi connectivity index (χ4v) is 2.34. The number of nitrogens with zero attached hydrogens (tertiary/aromatic N) is 3. The van der Waals surface area contributed by atoms with E-state index in [2.05, 4.69) is 25.3 Å². The van der Waals surface area contributed by atoms with E-state index >= 15 is 0 Å². The van der Waals surface area contributed by atoms with Gasteiger partial charge in [-0.15, -0.1) is 0 Å². The van der Waals surface area contributed by atoms with Crippen LogP contribution in [0.1, 0.15) is 26.2 Å². The van der Waals surface area contributed by atoms with Crippen LogP contribution in [-0.4, -0.2) is 63.9 Å². The van der Waals surface area contributed by atoms with Gasteiger partial charge in [0.25, 0.3) is 0 Å². The zero-order valence-corrected chi connectivity index (χ0v) is 13.4. The minimum atomic E-state index is -0.0997. The summed E-state index contributed by atoms with van der Waals surface area (Å²) in [6.45, 7) is 2.47. The predicted octanol–water partition coefficient (Wildman–Crippen LogP) is 0.408. The third kappa shape index (κ3) is 4.59. The molecule has 0 aliphatic carbocycles. The lowest BCUT2D eigenvalue weighted by Gasteiger charge is -2.42. The first-order valence-electron chi connectivity index (χ1n) is 6.58. The van der Waals surface area contributed by atoms with E-state index in [9.17, 15) is 14.4 Å². The molecule has 0 bridgehead atoms. The molecular weight excluding hydrogens is 298 g/mol. The first kappa shape index (κ1) is 17.2. The Hall–Kier alpha value is -0.890.